The molecule has 0 fully saturated rings. The van der Waals surface area contributed by atoms with Crippen molar-refractivity contribution in [2.75, 3.05) is 6.54 Å². The molecule has 1 heterocycles. The highest BCUT2D eigenvalue weighted by Gasteiger charge is 2.09. The molecule has 0 saturated carbocycles. The van der Waals surface area contributed by atoms with Gasteiger partial charge in [-0.15, -0.1) is 0 Å². The SMILES string of the molecule is CC(C)CNC(=O)c1cc(OCc2ccccc2)ncn1. The molecule has 0 atom stereocenters. The predicted molar refractivity (Wildman–Crippen MR) is 80.0 cm³/mol. The summed E-state index contributed by atoms with van der Waals surface area (Å²) in [5, 5.41) is 2.81. The molecular formula is C16H19N3O2. The van der Waals surface area contributed by atoms with Crippen LogP contribution in [0.4, 0.5) is 0 Å². The van der Waals surface area contributed by atoms with Crippen molar-refractivity contribution >= 4 is 5.91 Å². The first kappa shape index (κ1) is 15.0. The molecule has 0 saturated heterocycles. The van der Waals surface area contributed by atoms with Crippen LogP contribution in [0.5, 0.6) is 5.88 Å². The lowest BCUT2D eigenvalue weighted by Gasteiger charge is -2.08. The van der Waals surface area contributed by atoms with E-state index in [1.807, 2.05) is 44.2 Å². The molecule has 5 nitrogen and oxygen atoms in total. The molecule has 2 aromatic rings. The third-order valence-corrected chi connectivity index (χ3v) is 2.78. The molecule has 0 unspecified atom stereocenters. The molecule has 0 bridgehead atoms. The van der Waals surface area contributed by atoms with Crippen molar-refractivity contribution in [3.63, 3.8) is 0 Å². The highest BCUT2D eigenvalue weighted by Crippen LogP contribution is 2.10. The second kappa shape index (κ2) is 7.38. The lowest BCUT2D eigenvalue weighted by Crippen LogP contribution is -2.28. The number of nitrogens with zero attached hydrogens (tertiary/aromatic N) is 2. The van der Waals surface area contributed by atoms with E-state index in [1.165, 1.54) is 6.33 Å². The van der Waals surface area contributed by atoms with Gasteiger partial charge < -0.3 is 10.1 Å². The van der Waals surface area contributed by atoms with Gasteiger partial charge >= 0.3 is 0 Å². The average Bonchev–Trinajstić information content (AvgIpc) is 2.52. The van der Waals surface area contributed by atoms with Crippen molar-refractivity contribution < 1.29 is 9.53 Å². The number of ether oxygens (including phenoxy) is 1. The van der Waals surface area contributed by atoms with Gasteiger partial charge in [0.05, 0.1) is 0 Å². The molecule has 1 aromatic heterocycles. The topological polar surface area (TPSA) is 64.1 Å². The van der Waals surface area contributed by atoms with E-state index in [2.05, 4.69) is 15.3 Å². The molecule has 5 heteroatoms. The molecular weight excluding hydrogens is 266 g/mol. The number of rotatable bonds is 6. The molecule has 0 aliphatic carbocycles. The average molecular weight is 285 g/mol. The number of hydrogen-bond donors (Lipinski definition) is 1. The second-order valence-corrected chi connectivity index (χ2v) is 5.12. The molecule has 0 spiro atoms. The van der Waals surface area contributed by atoms with Crippen molar-refractivity contribution in [2.45, 2.75) is 20.5 Å². The fourth-order valence-corrected chi connectivity index (χ4v) is 1.66. The highest BCUT2D eigenvalue weighted by atomic mass is 16.5. The van der Waals surface area contributed by atoms with Crippen molar-refractivity contribution in [1.82, 2.24) is 15.3 Å². The first-order valence-electron chi connectivity index (χ1n) is 6.92. The number of hydrogen-bond acceptors (Lipinski definition) is 4. The number of amides is 1. The smallest absolute Gasteiger partial charge is 0.270 e. The van der Waals surface area contributed by atoms with Crippen molar-refractivity contribution in [2.24, 2.45) is 5.92 Å². The summed E-state index contributed by atoms with van der Waals surface area (Å²) in [4.78, 5) is 19.9. The van der Waals surface area contributed by atoms with Crippen molar-refractivity contribution in [3.05, 3.63) is 54.0 Å². The van der Waals surface area contributed by atoms with E-state index >= 15 is 0 Å². The van der Waals surface area contributed by atoms with Crippen LogP contribution in [0.3, 0.4) is 0 Å². The van der Waals surface area contributed by atoms with Gasteiger partial charge in [0.15, 0.2) is 0 Å². The Morgan fingerprint density at radius 1 is 1.24 bits per heavy atom. The van der Waals surface area contributed by atoms with Crippen LogP contribution in [0.2, 0.25) is 0 Å². The normalized spacial score (nSPS) is 10.4. The van der Waals surface area contributed by atoms with E-state index in [0.29, 0.717) is 30.6 Å². The lowest BCUT2D eigenvalue weighted by atomic mass is 10.2. The number of benzene rings is 1. The van der Waals surface area contributed by atoms with Crippen LogP contribution in [0, 0.1) is 5.92 Å². The molecule has 0 aliphatic rings. The van der Waals surface area contributed by atoms with Gasteiger partial charge in [-0.2, -0.15) is 0 Å². The molecule has 1 amide bonds. The van der Waals surface area contributed by atoms with E-state index in [4.69, 9.17) is 4.74 Å². The number of carbonyl (C=O) groups excluding carboxylic acids is 1. The Balaban J connectivity index is 1.96. The van der Waals surface area contributed by atoms with E-state index in [1.54, 1.807) is 6.07 Å². The predicted octanol–water partition coefficient (Wildman–Crippen LogP) is 2.44. The van der Waals surface area contributed by atoms with Gasteiger partial charge in [0.25, 0.3) is 5.91 Å². The van der Waals surface area contributed by atoms with E-state index in [9.17, 15) is 4.79 Å². The summed E-state index contributed by atoms with van der Waals surface area (Å²) in [6, 6.07) is 11.3. The Morgan fingerprint density at radius 3 is 2.71 bits per heavy atom. The fraction of sp³-hybridized carbons (Fsp3) is 0.312. The quantitative estimate of drug-likeness (QED) is 0.885. The van der Waals surface area contributed by atoms with Crippen LogP contribution in [0.25, 0.3) is 0 Å². The summed E-state index contributed by atoms with van der Waals surface area (Å²) < 4.78 is 5.58. The van der Waals surface area contributed by atoms with Crippen LogP contribution < -0.4 is 10.1 Å². The Kier molecular flexibility index (Phi) is 5.26. The van der Waals surface area contributed by atoms with Crippen LogP contribution >= 0.6 is 0 Å². The number of carbonyl (C=O) groups is 1. The zero-order chi connectivity index (χ0) is 15.1. The maximum Gasteiger partial charge on any atom is 0.270 e. The minimum atomic E-state index is -0.212. The monoisotopic (exact) mass is 285 g/mol. The second-order valence-electron chi connectivity index (χ2n) is 5.12. The zero-order valence-electron chi connectivity index (χ0n) is 12.2. The van der Waals surface area contributed by atoms with Crippen LogP contribution in [-0.4, -0.2) is 22.4 Å². The van der Waals surface area contributed by atoms with Gasteiger partial charge in [0.2, 0.25) is 5.88 Å². The van der Waals surface area contributed by atoms with Crippen molar-refractivity contribution in [3.8, 4) is 5.88 Å². The Hall–Kier alpha value is -2.43. The minimum Gasteiger partial charge on any atom is -0.473 e. The summed E-state index contributed by atoms with van der Waals surface area (Å²) >= 11 is 0. The van der Waals surface area contributed by atoms with Gasteiger partial charge in [-0.05, 0) is 11.5 Å². The first-order valence-corrected chi connectivity index (χ1v) is 6.92. The Bertz CT molecular complexity index is 585. The number of nitrogens with one attached hydrogen (secondary N) is 1. The molecule has 2 rings (SSSR count). The molecule has 1 N–H and O–H groups in total. The van der Waals surface area contributed by atoms with Gasteiger partial charge in [0.1, 0.15) is 18.6 Å². The summed E-state index contributed by atoms with van der Waals surface area (Å²) in [5.41, 5.74) is 1.36. The third kappa shape index (κ3) is 4.87. The molecule has 0 aliphatic heterocycles. The number of aromatic nitrogens is 2. The van der Waals surface area contributed by atoms with Crippen molar-refractivity contribution in [1.29, 1.82) is 0 Å². The molecule has 21 heavy (non-hydrogen) atoms. The summed E-state index contributed by atoms with van der Waals surface area (Å²) in [6.45, 7) is 5.09. The molecule has 1 aromatic carbocycles. The molecule has 0 radical (unpaired) electrons. The zero-order valence-corrected chi connectivity index (χ0v) is 12.2. The first-order chi connectivity index (χ1) is 10.1. The largest absolute Gasteiger partial charge is 0.473 e. The maximum absolute atomic E-state index is 11.9. The van der Waals surface area contributed by atoms with Crippen LogP contribution in [-0.2, 0) is 6.61 Å². The van der Waals surface area contributed by atoms with Gasteiger partial charge in [-0.1, -0.05) is 44.2 Å². The standard InChI is InChI=1S/C16H19N3O2/c1-12(2)9-17-16(20)14-8-15(19-11-18-14)21-10-13-6-4-3-5-7-13/h3-8,11-12H,9-10H2,1-2H3,(H,17,20). The van der Waals surface area contributed by atoms with Gasteiger partial charge in [-0.3, -0.25) is 4.79 Å². The maximum atomic E-state index is 11.9. The van der Waals surface area contributed by atoms with Crippen LogP contribution in [0.1, 0.15) is 29.9 Å². The van der Waals surface area contributed by atoms with Gasteiger partial charge in [-0.25, -0.2) is 9.97 Å². The van der Waals surface area contributed by atoms with Crippen LogP contribution in [0.15, 0.2) is 42.7 Å². The van der Waals surface area contributed by atoms with E-state index < -0.39 is 0 Å². The Morgan fingerprint density at radius 2 is 2.00 bits per heavy atom. The third-order valence-electron chi connectivity index (χ3n) is 2.78. The van der Waals surface area contributed by atoms with E-state index in [-0.39, 0.29) is 5.91 Å². The summed E-state index contributed by atoms with van der Waals surface area (Å²) in [7, 11) is 0. The van der Waals surface area contributed by atoms with E-state index in [0.717, 1.165) is 5.56 Å². The molecule has 110 valence electrons. The minimum absolute atomic E-state index is 0.212. The Labute approximate surface area is 124 Å². The highest BCUT2D eigenvalue weighted by molar-refractivity contribution is 5.92. The summed E-state index contributed by atoms with van der Waals surface area (Å²) in [6.07, 6.45) is 1.34. The van der Waals surface area contributed by atoms with Gasteiger partial charge in [0, 0.05) is 12.6 Å². The lowest BCUT2D eigenvalue weighted by molar-refractivity contribution is 0.0943. The summed E-state index contributed by atoms with van der Waals surface area (Å²) in [5.74, 6) is 0.573. The fourth-order valence-electron chi connectivity index (χ4n) is 1.66.